The molecule has 0 spiro atoms. The van der Waals surface area contributed by atoms with E-state index in [0.717, 1.165) is 15.4 Å². The molecule has 1 amide bonds. The molecule has 142 valence electrons. The highest BCUT2D eigenvalue weighted by molar-refractivity contribution is 5.87. The maximum atomic E-state index is 12.7. The lowest BCUT2D eigenvalue weighted by Crippen LogP contribution is -2.35. The maximum Gasteiger partial charge on any atom is 0.280 e. The summed E-state index contributed by atoms with van der Waals surface area (Å²) in [7, 11) is 0. The van der Waals surface area contributed by atoms with Gasteiger partial charge in [0, 0.05) is 18.5 Å². The van der Waals surface area contributed by atoms with Crippen LogP contribution in [0.1, 0.15) is 0 Å². The Balaban J connectivity index is 1.34. The number of fused-ring (bicyclic) bond motifs is 4. The fourth-order valence-corrected chi connectivity index (χ4v) is 3.22. The number of amides is 1. The molecule has 0 saturated carbocycles. The molecule has 0 atom stereocenters. The third-order valence-electron chi connectivity index (χ3n) is 4.62. The van der Waals surface area contributed by atoms with Crippen LogP contribution in [0.15, 0.2) is 78.0 Å². The van der Waals surface area contributed by atoms with Gasteiger partial charge < -0.3 is 4.74 Å². The van der Waals surface area contributed by atoms with Crippen LogP contribution in [-0.2, 0) is 4.79 Å². The number of ether oxygens (including phenoxy) is 1. The maximum absolute atomic E-state index is 12.7. The summed E-state index contributed by atoms with van der Waals surface area (Å²) in [6, 6.07) is 16.9. The Morgan fingerprint density at radius 2 is 1.93 bits per heavy atom. The van der Waals surface area contributed by atoms with E-state index in [1.807, 2.05) is 36.4 Å². The standard InChI is InChI=1S/C21H15N5O3/c27-20(13-29-16-6-5-14-3-1-2-4-15(14)11-16)24-25-10-8-18-17(21(25)28)12-22-19-7-9-23-26(18)19/h1-12H,13H2,(H,24,27). The van der Waals surface area contributed by atoms with Crippen molar-refractivity contribution in [3.05, 3.63) is 83.5 Å². The van der Waals surface area contributed by atoms with E-state index < -0.39 is 11.5 Å². The molecule has 0 unspecified atom stereocenters. The number of hydrogen-bond donors (Lipinski definition) is 1. The Bertz CT molecular complexity index is 1440. The minimum atomic E-state index is -0.451. The molecule has 0 radical (unpaired) electrons. The van der Waals surface area contributed by atoms with Crippen molar-refractivity contribution in [2.45, 2.75) is 0 Å². The number of carbonyl (C=O) groups is 1. The SMILES string of the molecule is O=C(COc1ccc2ccccc2c1)Nn1ccc2c(cnc3ccnn32)c1=O. The first-order valence-corrected chi connectivity index (χ1v) is 8.95. The smallest absolute Gasteiger partial charge is 0.280 e. The monoisotopic (exact) mass is 385 g/mol. The number of hydrogen-bond acceptors (Lipinski definition) is 5. The van der Waals surface area contributed by atoms with Crippen molar-refractivity contribution < 1.29 is 9.53 Å². The molecule has 3 aromatic heterocycles. The van der Waals surface area contributed by atoms with Gasteiger partial charge in [-0.3, -0.25) is 15.0 Å². The second-order valence-electron chi connectivity index (χ2n) is 6.48. The zero-order chi connectivity index (χ0) is 19.8. The van der Waals surface area contributed by atoms with Gasteiger partial charge in [-0.1, -0.05) is 30.3 Å². The van der Waals surface area contributed by atoms with Crippen LogP contribution in [0.25, 0.3) is 27.3 Å². The van der Waals surface area contributed by atoms with Crippen molar-refractivity contribution in [2.75, 3.05) is 12.0 Å². The van der Waals surface area contributed by atoms with Gasteiger partial charge in [0.15, 0.2) is 12.3 Å². The summed E-state index contributed by atoms with van der Waals surface area (Å²) in [5, 5.41) is 6.62. The Morgan fingerprint density at radius 1 is 1.07 bits per heavy atom. The molecule has 8 heteroatoms. The van der Waals surface area contributed by atoms with Crippen molar-refractivity contribution >= 4 is 33.2 Å². The quantitative estimate of drug-likeness (QED) is 0.513. The molecule has 0 aliphatic rings. The van der Waals surface area contributed by atoms with Crippen LogP contribution in [0.3, 0.4) is 0 Å². The zero-order valence-electron chi connectivity index (χ0n) is 15.1. The van der Waals surface area contributed by atoms with Gasteiger partial charge >= 0.3 is 0 Å². The molecule has 2 aromatic carbocycles. The van der Waals surface area contributed by atoms with E-state index in [4.69, 9.17) is 4.74 Å². The highest BCUT2D eigenvalue weighted by atomic mass is 16.5. The van der Waals surface area contributed by atoms with Crippen LogP contribution in [0.5, 0.6) is 5.75 Å². The van der Waals surface area contributed by atoms with Crippen molar-refractivity contribution in [1.82, 2.24) is 19.3 Å². The minimum absolute atomic E-state index is 0.223. The second-order valence-corrected chi connectivity index (χ2v) is 6.48. The van der Waals surface area contributed by atoms with E-state index in [1.54, 1.807) is 28.9 Å². The number of nitrogens with one attached hydrogen (secondary N) is 1. The van der Waals surface area contributed by atoms with Crippen LogP contribution >= 0.6 is 0 Å². The number of pyridine rings is 1. The first-order chi connectivity index (χ1) is 14.2. The van der Waals surface area contributed by atoms with E-state index in [0.29, 0.717) is 22.3 Å². The minimum Gasteiger partial charge on any atom is -0.484 e. The molecule has 0 aliphatic carbocycles. The lowest BCUT2D eigenvalue weighted by molar-refractivity contribution is -0.119. The molecule has 5 rings (SSSR count). The van der Waals surface area contributed by atoms with Crippen molar-refractivity contribution in [3.63, 3.8) is 0 Å². The lowest BCUT2D eigenvalue weighted by atomic mass is 10.1. The molecule has 8 nitrogen and oxygen atoms in total. The van der Waals surface area contributed by atoms with Gasteiger partial charge in [0.25, 0.3) is 11.5 Å². The van der Waals surface area contributed by atoms with Gasteiger partial charge in [-0.15, -0.1) is 0 Å². The summed E-state index contributed by atoms with van der Waals surface area (Å²) in [5.41, 5.74) is 3.39. The molecular formula is C21H15N5O3. The Labute approximate surface area is 163 Å². The summed E-state index contributed by atoms with van der Waals surface area (Å²) >= 11 is 0. The fraction of sp³-hybridized carbons (Fsp3) is 0.0476. The summed E-state index contributed by atoms with van der Waals surface area (Å²) in [6.07, 6.45) is 4.57. The van der Waals surface area contributed by atoms with Crippen molar-refractivity contribution in [2.24, 2.45) is 0 Å². The van der Waals surface area contributed by atoms with Gasteiger partial charge in [-0.25, -0.2) is 14.2 Å². The normalized spacial score (nSPS) is 11.2. The molecule has 1 N–H and O–H groups in total. The fourth-order valence-electron chi connectivity index (χ4n) is 3.22. The molecule has 0 fully saturated rings. The Morgan fingerprint density at radius 3 is 2.83 bits per heavy atom. The van der Waals surface area contributed by atoms with E-state index in [9.17, 15) is 9.59 Å². The molecular weight excluding hydrogens is 370 g/mol. The molecule has 0 aliphatic heterocycles. The molecule has 0 bridgehead atoms. The Hall–Kier alpha value is -4.20. The lowest BCUT2D eigenvalue weighted by Gasteiger charge is -2.11. The van der Waals surface area contributed by atoms with Crippen LogP contribution in [0.2, 0.25) is 0 Å². The van der Waals surface area contributed by atoms with Crippen molar-refractivity contribution in [1.29, 1.82) is 0 Å². The van der Waals surface area contributed by atoms with E-state index in [1.165, 1.54) is 12.4 Å². The van der Waals surface area contributed by atoms with Crippen molar-refractivity contribution in [3.8, 4) is 5.75 Å². The predicted molar refractivity (Wildman–Crippen MR) is 109 cm³/mol. The first kappa shape index (κ1) is 16.9. The largest absolute Gasteiger partial charge is 0.484 e. The average Bonchev–Trinajstić information content (AvgIpc) is 3.23. The topological polar surface area (TPSA) is 90.5 Å². The summed E-state index contributed by atoms with van der Waals surface area (Å²) < 4.78 is 8.26. The molecule has 5 aromatic rings. The Kier molecular flexibility index (Phi) is 3.94. The number of aromatic nitrogens is 4. The number of benzene rings is 2. The summed E-state index contributed by atoms with van der Waals surface area (Å²) in [4.78, 5) is 29.2. The second kappa shape index (κ2) is 6.75. The van der Waals surface area contributed by atoms with Crippen LogP contribution < -0.4 is 15.7 Å². The van der Waals surface area contributed by atoms with Gasteiger partial charge in [0.1, 0.15) is 5.75 Å². The van der Waals surface area contributed by atoms with E-state index in [2.05, 4.69) is 15.5 Å². The van der Waals surface area contributed by atoms with Crippen LogP contribution in [0, 0.1) is 0 Å². The average molecular weight is 385 g/mol. The summed E-state index contributed by atoms with van der Waals surface area (Å²) in [6.45, 7) is -0.223. The number of nitrogens with zero attached hydrogens (tertiary/aromatic N) is 4. The van der Waals surface area contributed by atoms with E-state index in [-0.39, 0.29) is 6.61 Å². The molecule has 0 saturated heterocycles. The van der Waals surface area contributed by atoms with Crippen LogP contribution in [-0.4, -0.2) is 31.8 Å². The van der Waals surface area contributed by atoms with E-state index >= 15 is 0 Å². The molecule has 29 heavy (non-hydrogen) atoms. The third-order valence-corrected chi connectivity index (χ3v) is 4.62. The highest BCUT2D eigenvalue weighted by Crippen LogP contribution is 2.20. The first-order valence-electron chi connectivity index (χ1n) is 8.95. The van der Waals surface area contributed by atoms with Gasteiger partial charge in [-0.05, 0) is 29.0 Å². The van der Waals surface area contributed by atoms with Gasteiger partial charge in [0.2, 0.25) is 0 Å². The predicted octanol–water partition coefficient (Wildman–Crippen LogP) is 2.35. The highest BCUT2D eigenvalue weighted by Gasteiger charge is 2.10. The number of carbonyl (C=O) groups excluding carboxylic acids is 1. The zero-order valence-corrected chi connectivity index (χ0v) is 15.1. The number of rotatable bonds is 4. The van der Waals surface area contributed by atoms with Gasteiger partial charge in [0.05, 0.1) is 17.1 Å². The third kappa shape index (κ3) is 3.06. The molecule has 3 heterocycles. The van der Waals surface area contributed by atoms with Gasteiger partial charge in [-0.2, -0.15) is 5.10 Å². The van der Waals surface area contributed by atoms with Crippen LogP contribution in [0.4, 0.5) is 0 Å². The summed E-state index contributed by atoms with van der Waals surface area (Å²) in [5.74, 6) is 0.128.